The Hall–Kier alpha value is -4.73. The molecule has 37 heavy (non-hydrogen) atoms. The minimum atomic E-state index is -0.292. The number of nitrogens with two attached hydrogens (primary N) is 2. The molecule has 3 heterocycles. The van der Waals surface area contributed by atoms with Gasteiger partial charge in [0, 0.05) is 11.8 Å². The van der Waals surface area contributed by atoms with Crippen molar-refractivity contribution < 1.29 is 4.39 Å². The van der Waals surface area contributed by atoms with Gasteiger partial charge in [0.05, 0.1) is 17.6 Å². The Kier molecular flexibility index (Phi) is 6.80. The molecule has 0 saturated heterocycles. The quantitative estimate of drug-likeness (QED) is 0.254. The van der Waals surface area contributed by atoms with Crippen molar-refractivity contribution >= 4 is 34.0 Å². The summed E-state index contributed by atoms with van der Waals surface area (Å²) in [5, 5.41) is 13.7. The Bertz CT molecular complexity index is 1560. The molecule has 0 spiro atoms. The molecule has 0 saturated carbocycles. The van der Waals surface area contributed by atoms with Crippen LogP contribution in [0.15, 0.2) is 77.1 Å². The first kappa shape index (κ1) is 24.0. The first-order chi connectivity index (χ1) is 18.0. The largest absolute Gasteiger partial charge is 0.382 e. The van der Waals surface area contributed by atoms with Crippen molar-refractivity contribution in [3.05, 3.63) is 83.8 Å². The van der Waals surface area contributed by atoms with Crippen LogP contribution in [0.5, 0.6) is 0 Å². The van der Waals surface area contributed by atoms with E-state index in [0.717, 1.165) is 24.8 Å². The molecule has 9 nitrogen and oxygen atoms in total. The van der Waals surface area contributed by atoms with E-state index in [0.29, 0.717) is 28.0 Å². The highest BCUT2D eigenvalue weighted by Crippen LogP contribution is 2.33. The zero-order valence-corrected chi connectivity index (χ0v) is 20.3. The van der Waals surface area contributed by atoms with Gasteiger partial charge in [-0.15, -0.1) is 5.11 Å². The van der Waals surface area contributed by atoms with E-state index in [9.17, 15) is 4.39 Å². The number of pyridine rings is 1. The highest BCUT2D eigenvalue weighted by molar-refractivity contribution is 5.90. The van der Waals surface area contributed by atoms with E-state index in [2.05, 4.69) is 32.1 Å². The first-order valence-electron chi connectivity index (χ1n) is 12.0. The van der Waals surface area contributed by atoms with E-state index in [1.807, 2.05) is 36.4 Å². The first-order valence-corrected chi connectivity index (χ1v) is 12.0. The molecule has 2 aromatic carbocycles. The van der Waals surface area contributed by atoms with Gasteiger partial charge in [0.1, 0.15) is 11.5 Å². The average Bonchev–Trinajstić information content (AvgIpc) is 3.27. The van der Waals surface area contributed by atoms with Gasteiger partial charge in [-0.05, 0) is 48.7 Å². The van der Waals surface area contributed by atoms with Crippen LogP contribution >= 0.6 is 0 Å². The summed E-state index contributed by atoms with van der Waals surface area (Å²) in [6.45, 7) is 2.33. The molecule has 0 amide bonds. The van der Waals surface area contributed by atoms with E-state index in [1.165, 1.54) is 6.07 Å². The second-order valence-electron chi connectivity index (χ2n) is 8.61. The van der Waals surface area contributed by atoms with Crippen LogP contribution in [0.4, 0.5) is 27.4 Å². The van der Waals surface area contributed by atoms with E-state index >= 15 is 0 Å². The van der Waals surface area contributed by atoms with Gasteiger partial charge >= 0.3 is 0 Å². The van der Waals surface area contributed by atoms with Crippen molar-refractivity contribution in [2.45, 2.75) is 32.7 Å². The van der Waals surface area contributed by atoms with Crippen molar-refractivity contribution in [2.75, 3.05) is 11.5 Å². The van der Waals surface area contributed by atoms with E-state index in [-0.39, 0.29) is 35.5 Å². The molecule has 5 aromatic rings. The Morgan fingerprint density at radius 2 is 1.73 bits per heavy atom. The van der Waals surface area contributed by atoms with Gasteiger partial charge in [-0.25, -0.2) is 24.0 Å². The Morgan fingerprint density at radius 1 is 0.946 bits per heavy atom. The lowest BCUT2D eigenvalue weighted by Crippen LogP contribution is -2.06. The molecule has 186 valence electrons. The standard InChI is InChI=1S/C27H26FN9/c1-2-3-8-17-12-13-21(28)18(15-17)16-37-27-20(11-7-14-31-27)22(36-37)26-32-24(29)23(25(30)33-26)35-34-19-9-5-4-6-10-19/h4-7,9-15H,2-3,8,16H2,1H3,(H4,29,30,32,33). The number of unbranched alkanes of at least 4 members (excludes halogenated alkanes) is 1. The monoisotopic (exact) mass is 495 g/mol. The van der Waals surface area contributed by atoms with Crippen LogP contribution in [0.25, 0.3) is 22.6 Å². The number of fused-ring (bicyclic) bond motifs is 1. The summed E-state index contributed by atoms with van der Waals surface area (Å²) in [7, 11) is 0. The molecular formula is C27H26FN9. The Labute approximate surface area is 213 Å². The molecule has 10 heteroatoms. The molecule has 5 rings (SSSR count). The summed E-state index contributed by atoms with van der Waals surface area (Å²) in [6.07, 6.45) is 4.67. The minimum absolute atomic E-state index is 0.0726. The van der Waals surface area contributed by atoms with Crippen molar-refractivity contribution in [3.8, 4) is 11.5 Å². The fourth-order valence-corrected chi connectivity index (χ4v) is 4.03. The maximum atomic E-state index is 14.7. The van der Waals surface area contributed by atoms with Crippen molar-refractivity contribution in [3.63, 3.8) is 0 Å². The molecule has 0 atom stereocenters. The predicted octanol–water partition coefficient (Wildman–Crippen LogP) is 6.00. The van der Waals surface area contributed by atoms with Crippen LogP contribution in [0.2, 0.25) is 0 Å². The second-order valence-corrected chi connectivity index (χ2v) is 8.61. The molecule has 0 unspecified atom stereocenters. The molecule has 0 aliphatic carbocycles. The van der Waals surface area contributed by atoms with Crippen molar-refractivity contribution in [2.24, 2.45) is 10.2 Å². The van der Waals surface area contributed by atoms with Gasteiger partial charge in [-0.1, -0.05) is 43.7 Å². The fourth-order valence-electron chi connectivity index (χ4n) is 4.03. The number of nitrogen functional groups attached to an aromatic ring is 2. The number of aromatic nitrogens is 5. The third-order valence-electron chi connectivity index (χ3n) is 5.93. The lowest BCUT2D eigenvalue weighted by Gasteiger charge is -2.08. The molecule has 0 radical (unpaired) electrons. The minimum Gasteiger partial charge on any atom is -0.382 e. The smallest absolute Gasteiger partial charge is 0.184 e. The third kappa shape index (κ3) is 5.13. The number of aryl methyl sites for hydroxylation is 1. The summed E-state index contributed by atoms with van der Waals surface area (Å²) in [5.41, 5.74) is 15.8. The zero-order valence-electron chi connectivity index (χ0n) is 20.3. The van der Waals surface area contributed by atoms with Crippen LogP contribution in [-0.4, -0.2) is 24.7 Å². The van der Waals surface area contributed by atoms with Crippen molar-refractivity contribution in [1.29, 1.82) is 0 Å². The van der Waals surface area contributed by atoms with E-state index in [1.54, 1.807) is 29.1 Å². The van der Waals surface area contributed by atoms with Crippen molar-refractivity contribution in [1.82, 2.24) is 24.7 Å². The molecule has 0 aliphatic rings. The summed E-state index contributed by atoms with van der Waals surface area (Å²) < 4.78 is 16.4. The highest BCUT2D eigenvalue weighted by Gasteiger charge is 2.19. The average molecular weight is 496 g/mol. The van der Waals surface area contributed by atoms with E-state index < -0.39 is 0 Å². The lowest BCUT2D eigenvalue weighted by atomic mass is 10.0. The van der Waals surface area contributed by atoms with Gasteiger partial charge in [-0.3, -0.25) is 0 Å². The lowest BCUT2D eigenvalue weighted by molar-refractivity contribution is 0.588. The molecule has 0 aliphatic heterocycles. The fraction of sp³-hybridized carbons (Fsp3) is 0.185. The van der Waals surface area contributed by atoms with Gasteiger partial charge in [0.2, 0.25) is 0 Å². The summed E-state index contributed by atoms with van der Waals surface area (Å²) >= 11 is 0. The van der Waals surface area contributed by atoms with Gasteiger partial charge in [0.25, 0.3) is 0 Å². The Balaban J connectivity index is 1.51. The van der Waals surface area contributed by atoms with Crippen LogP contribution in [0, 0.1) is 5.82 Å². The molecule has 0 fully saturated rings. The zero-order chi connectivity index (χ0) is 25.8. The maximum Gasteiger partial charge on any atom is 0.184 e. The van der Waals surface area contributed by atoms with Crippen LogP contribution in [0.1, 0.15) is 30.9 Å². The number of anilines is 2. The number of rotatable bonds is 8. The number of nitrogens with zero attached hydrogens (tertiary/aromatic N) is 7. The number of halogens is 1. The molecule has 0 bridgehead atoms. The number of hydrogen-bond acceptors (Lipinski definition) is 8. The molecular weight excluding hydrogens is 469 g/mol. The Morgan fingerprint density at radius 3 is 2.49 bits per heavy atom. The predicted molar refractivity (Wildman–Crippen MR) is 142 cm³/mol. The maximum absolute atomic E-state index is 14.7. The van der Waals surface area contributed by atoms with Crippen LogP contribution in [-0.2, 0) is 13.0 Å². The molecule has 3 aromatic heterocycles. The van der Waals surface area contributed by atoms with E-state index in [4.69, 9.17) is 16.6 Å². The van der Waals surface area contributed by atoms with Crippen LogP contribution in [0.3, 0.4) is 0 Å². The number of hydrogen-bond donors (Lipinski definition) is 2. The third-order valence-corrected chi connectivity index (χ3v) is 5.93. The normalized spacial score (nSPS) is 11.5. The van der Waals surface area contributed by atoms with Gasteiger partial charge < -0.3 is 11.5 Å². The van der Waals surface area contributed by atoms with Gasteiger partial charge in [-0.2, -0.15) is 10.2 Å². The topological polar surface area (TPSA) is 133 Å². The summed E-state index contributed by atoms with van der Waals surface area (Å²) in [4.78, 5) is 13.3. The number of benzene rings is 2. The molecule has 4 N–H and O–H groups in total. The summed E-state index contributed by atoms with van der Waals surface area (Å²) in [5.74, 6) is 0.0775. The highest BCUT2D eigenvalue weighted by atomic mass is 19.1. The van der Waals surface area contributed by atoms with Gasteiger partial charge in [0.15, 0.2) is 28.8 Å². The number of azo groups is 1. The summed E-state index contributed by atoms with van der Waals surface area (Å²) in [6, 6.07) is 18.1. The SMILES string of the molecule is CCCCc1ccc(F)c(Cn2nc(-c3nc(N)c(N=Nc4ccccc4)c(N)n3)c3cccnc32)c1. The second kappa shape index (κ2) is 10.5. The van der Waals surface area contributed by atoms with Crippen LogP contribution < -0.4 is 11.5 Å².